The summed E-state index contributed by atoms with van der Waals surface area (Å²) in [7, 11) is 3.50. The van der Waals surface area contributed by atoms with E-state index in [1.54, 1.807) is 18.5 Å². The standard InChI is InChI=1S/C25H29N7O2/c1-6-7-12-31-21-22(28-24(31)29(4)17(3)14-26)30(5)25(34)32(23(21)33)15-20-19-11-9-8-10-18(19)13-16(2)27-20/h8-11,13,17H,12,14-15,26H2,1-5H3/t17-/m0/s1. The van der Waals surface area contributed by atoms with Crippen LogP contribution in [-0.4, -0.2) is 43.3 Å². The molecule has 0 aliphatic heterocycles. The third-order valence-corrected chi connectivity index (χ3v) is 6.20. The molecule has 0 radical (unpaired) electrons. The molecule has 0 saturated carbocycles. The lowest BCUT2D eigenvalue weighted by molar-refractivity contribution is 0.645. The molecule has 3 aromatic heterocycles. The van der Waals surface area contributed by atoms with Gasteiger partial charge in [-0.15, -0.1) is 5.92 Å². The molecule has 9 nitrogen and oxygen atoms in total. The third-order valence-electron chi connectivity index (χ3n) is 6.20. The molecule has 176 valence electrons. The zero-order valence-corrected chi connectivity index (χ0v) is 20.2. The van der Waals surface area contributed by atoms with Crippen LogP contribution in [-0.2, 0) is 20.1 Å². The van der Waals surface area contributed by atoms with Crippen LogP contribution in [0, 0.1) is 18.8 Å². The molecule has 1 atom stereocenters. The van der Waals surface area contributed by atoms with E-state index in [4.69, 9.17) is 5.73 Å². The summed E-state index contributed by atoms with van der Waals surface area (Å²) in [6, 6.07) is 9.79. The van der Waals surface area contributed by atoms with E-state index < -0.39 is 11.2 Å². The number of benzene rings is 1. The predicted molar refractivity (Wildman–Crippen MR) is 135 cm³/mol. The minimum Gasteiger partial charge on any atom is -0.341 e. The Kier molecular flexibility index (Phi) is 6.26. The molecule has 0 bridgehead atoms. The zero-order chi connectivity index (χ0) is 24.6. The summed E-state index contributed by atoms with van der Waals surface area (Å²) < 4.78 is 4.40. The van der Waals surface area contributed by atoms with Crippen LogP contribution in [0.4, 0.5) is 5.95 Å². The highest BCUT2D eigenvalue weighted by molar-refractivity contribution is 5.85. The molecule has 0 unspecified atom stereocenters. The molecule has 4 rings (SSSR count). The Morgan fingerprint density at radius 3 is 2.62 bits per heavy atom. The number of nitrogens with zero attached hydrogens (tertiary/aromatic N) is 6. The number of aromatic nitrogens is 5. The Morgan fingerprint density at radius 1 is 1.18 bits per heavy atom. The van der Waals surface area contributed by atoms with Gasteiger partial charge in [-0.3, -0.25) is 23.5 Å². The molecular weight excluding hydrogens is 430 g/mol. The second-order valence-corrected chi connectivity index (χ2v) is 8.46. The van der Waals surface area contributed by atoms with Crippen molar-refractivity contribution in [2.24, 2.45) is 12.8 Å². The number of hydrogen-bond acceptors (Lipinski definition) is 6. The molecule has 4 aromatic rings. The first-order chi connectivity index (χ1) is 16.3. The molecule has 34 heavy (non-hydrogen) atoms. The molecular formula is C25H29N7O2. The van der Waals surface area contributed by atoms with Crippen molar-refractivity contribution in [3.8, 4) is 11.8 Å². The maximum atomic E-state index is 13.8. The van der Waals surface area contributed by atoms with E-state index in [-0.39, 0.29) is 19.1 Å². The molecule has 0 spiro atoms. The Balaban J connectivity index is 1.99. The van der Waals surface area contributed by atoms with Crippen LogP contribution in [0.5, 0.6) is 0 Å². The Labute approximate surface area is 197 Å². The van der Waals surface area contributed by atoms with Gasteiger partial charge in [-0.25, -0.2) is 4.79 Å². The fourth-order valence-corrected chi connectivity index (χ4v) is 4.12. The maximum Gasteiger partial charge on any atom is 0.332 e. The molecule has 0 amide bonds. The molecule has 2 N–H and O–H groups in total. The van der Waals surface area contributed by atoms with Gasteiger partial charge < -0.3 is 10.6 Å². The van der Waals surface area contributed by atoms with E-state index in [1.165, 1.54) is 9.13 Å². The van der Waals surface area contributed by atoms with Crippen LogP contribution in [0.3, 0.4) is 0 Å². The van der Waals surface area contributed by atoms with E-state index in [2.05, 4.69) is 21.8 Å². The molecule has 0 saturated heterocycles. The van der Waals surface area contributed by atoms with E-state index in [1.807, 2.05) is 56.1 Å². The number of anilines is 1. The van der Waals surface area contributed by atoms with Crippen LogP contribution >= 0.6 is 0 Å². The van der Waals surface area contributed by atoms with Gasteiger partial charge in [0.15, 0.2) is 11.2 Å². The minimum atomic E-state index is -0.447. The first-order valence-corrected chi connectivity index (χ1v) is 11.2. The summed E-state index contributed by atoms with van der Waals surface area (Å²) in [6.07, 6.45) is 0. The van der Waals surface area contributed by atoms with E-state index in [0.717, 1.165) is 16.5 Å². The largest absolute Gasteiger partial charge is 0.341 e. The van der Waals surface area contributed by atoms with Gasteiger partial charge in [0.1, 0.15) is 0 Å². The zero-order valence-electron chi connectivity index (χ0n) is 20.2. The van der Waals surface area contributed by atoms with Crippen LogP contribution in [0.15, 0.2) is 39.9 Å². The molecule has 9 heteroatoms. The monoisotopic (exact) mass is 459 g/mol. The van der Waals surface area contributed by atoms with Crippen LogP contribution in [0.1, 0.15) is 25.2 Å². The van der Waals surface area contributed by atoms with Gasteiger partial charge in [0, 0.05) is 37.8 Å². The lowest BCUT2D eigenvalue weighted by Crippen LogP contribution is -2.40. The third kappa shape index (κ3) is 3.86. The normalized spacial score (nSPS) is 12.1. The summed E-state index contributed by atoms with van der Waals surface area (Å²) in [4.78, 5) is 38.3. The van der Waals surface area contributed by atoms with Crippen molar-refractivity contribution in [2.45, 2.75) is 39.9 Å². The van der Waals surface area contributed by atoms with Crippen LogP contribution in [0.2, 0.25) is 0 Å². The number of imidazole rings is 1. The van der Waals surface area contributed by atoms with E-state index >= 15 is 0 Å². The van der Waals surface area contributed by atoms with Crippen molar-refractivity contribution in [3.63, 3.8) is 0 Å². The van der Waals surface area contributed by atoms with E-state index in [0.29, 0.717) is 29.4 Å². The first kappa shape index (κ1) is 23.3. The number of hydrogen-bond donors (Lipinski definition) is 1. The smallest absolute Gasteiger partial charge is 0.332 e. The second kappa shape index (κ2) is 9.15. The van der Waals surface area contributed by atoms with Crippen molar-refractivity contribution >= 4 is 27.9 Å². The van der Waals surface area contributed by atoms with Crippen molar-refractivity contribution < 1.29 is 0 Å². The fourth-order valence-electron chi connectivity index (χ4n) is 4.12. The van der Waals surface area contributed by atoms with Crippen LogP contribution in [0.25, 0.3) is 21.9 Å². The van der Waals surface area contributed by atoms with Crippen molar-refractivity contribution in [1.29, 1.82) is 0 Å². The molecule has 3 heterocycles. The summed E-state index contributed by atoms with van der Waals surface area (Å²) in [5.74, 6) is 6.44. The lowest BCUT2D eigenvalue weighted by atomic mass is 10.1. The van der Waals surface area contributed by atoms with Gasteiger partial charge >= 0.3 is 5.69 Å². The summed E-state index contributed by atoms with van der Waals surface area (Å²) >= 11 is 0. The number of rotatable bonds is 6. The second-order valence-electron chi connectivity index (χ2n) is 8.46. The van der Waals surface area contributed by atoms with Gasteiger partial charge in [-0.2, -0.15) is 4.98 Å². The average molecular weight is 460 g/mol. The van der Waals surface area contributed by atoms with Gasteiger partial charge in [0.25, 0.3) is 5.56 Å². The van der Waals surface area contributed by atoms with Gasteiger partial charge in [0.2, 0.25) is 5.95 Å². The Hall–Kier alpha value is -3.90. The number of nitrogens with two attached hydrogens (primary N) is 1. The number of likely N-dealkylation sites (N-methyl/N-ethyl adjacent to an activating group) is 1. The SMILES string of the molecule is CC#CCn1c(N(C)[C@@H](C)CN)nc2c1c(=O)n(Cc1nc(C)cc3ccccc13)c(=O)n2C. The highest BCUT2D eigenvalue weighted by atomic mass is 16.2. The topological polar surface area (TPSA) is 104 Å². The minimum absolute atomic E-state index is 0.0211. The van der Waals surface area contributed by atoms with Crippen molar-refractivity contribution in [1.82, 2.24) is 23.7 Å². The summed E-state index contributed by atoms with van der Waals surface area (Å²) in [5.41, 5.74) is 7.14. The van der Waals surface area contributed by atoms with Gasteiger partial charge in [0.05, 0.1) is 18.8 Å². The quantitative estimate of drug-likeness (QED) is 0.440. The van der Waals surface area contributed by atoms with E-state index in [9.17, 15) is 9.59 Å². The highest BCUT2D eigenvalue weighted by Crippen LogP contribution is 2.21. The van der Waals surface area contributed by atoms with Gasteiger partial charge in [-0.05, 0) is 32.2 Å². The molecule has 0 aliphatic rings. The highest BCUT2D eigenvalue weighted by Gasteiger charge is 2.24. The molecule has 0 aliphatic carbocycles. The Bertz CT molecular complexity index is 1570. The Morgan fingerprint density at radius 2 is 1.91 bits per heavy atom. The lowest BCUT2D eigenvalue weighted by Gasteiger charge is -2.24. The number of aryl methyl sites for hydroxylation is 2. The number of pyridine rings is 1. The average Bonchev–Trinajstić information content (AvgIpc) is 3.22. The molecule has 1 aromatic carbocycles. The van der Waals surface area contributed by atoms with Crippen molar-refractivity contribution in [2.75, 3.05) is 18.5 Å². The van der Waals surface area contributed by atoms with Gasteiger partial charge in [-0.1, -0.05) is 30.2 Å². The first-order valence-electron chi connectivity index (χ1n) is 11.2. The number of fused-ring (bicyclic) bond motifs is 2. The molecule has 0 fully saturated rings. The summed E-state index contributed by atoms with van der Waals surface area (Å²) in [6.45, 7) is 6.35. The fraction of sp³-hybridized carbons (Fsp3) is 0.360. The summed E-state index contributed by atoms with van der Waals surface area (Å²) in [5, 5.41) is 1.92. The van der Waals surface area contributed by atoms with Crippen LogP contribution < -0.4 is 21.9 Å². The van der Waals surface area contributed by atoms with Crippen molar-refractivity contribution in [3.05, 3.63) is 62.6 Å². The predicted octanol–water partition coefficient (Wildman–Crippen LogP) is 1.61. The maximum absolute atomic E-state index is 13.8.